The highest BCUT2D eigenvalue weighted by Crippen LogP contribution is 2.32. The Hall–Kier alpha value is -0.710. The van der Waals surface area contributed by atoms with E-state index in [0.29, 0.717) is 6.67 Å². The van der Waals surface area contributed by atoms with Crippen molar-refractivity contribution in [3.63, 3.8) is 0 Å². The summed E-state index contributed by atoms with van der Waals surface area (Å²) in [4.78, 5) is 2.21. The number of benzene rings is 1. The van der Waals surface area contributed by atoms with Crippen LogP contribution in [0.25, 0.3) is 0 Å². The van der Waals surface area contributed by atoms with Gasteiger partial charge in [-0.2, -0.15) is 0 Å². The Morgan fingerprint density at radius 1 is 1.25 bits per heavy atom. The highest BCUT2D eigenvalue weighted by molar-refractivity contribution is 8.26. The number of nitrogens with one attached hydrogen (secondary N) is 1. The molecule has 0 spiro atoms. The predicted molar refractivity (Wildman–Crippen MR) is 74.1 cm³/mol. The minimum atomic E-state index is -1.62. The van der Waals surface area contributed by atoms with Gasteiger partial charge in [0.2, 0.25) is 0 Å². The van der Waals surface area contributed by atoms with Gasteiger partial charge in [-0.25, -0.2) is 4.72 Å². The van der Waals surface area contributed by atoms with E-state index in [2.05, 4.69) is 28.7 Å². The molecular formula is C12H22N2OS. The lowest BCUT2D eigenvalue weighted by Crippen LogP contribution is -2.36. The van der Waals surface area contributed by atoms with Crippen LogP contribution >= 0.6 is 10.5 Å². The summed E-state index contributed by atoms with van der Waals surface area (Å²) in [6, 6.07) is 10.2. The zero-order valence-corrected chi connectivity index (χ0v) is 11.1. The van der Waals surface area contributed by atoms with Crippen molar-refractivity contribution < 1.29 is 4.55 Å². The van der Waals surface area contributed by atoms with Gasteiger partial charge in [0.1, 0.15) is 0 Å². The summed E-state index contributed by atoms with van der Waals surface area (Å²) < 4.78 is 13.2. The van der Waals surface area contributed by atoms with Gasteiger partial charge in [-0.1, -0.05) is 35.6 Å². The average molecular weight is 242 g/mol. The van der Waals surface area contributed by atoms with E-state index in [1.807, 2.05) is 31.4 Å². The van der Waals surface area contributed by atoms with Crippen molar-refractivity contribution in [3.05, 3.63) is 30.3 Å². The van der Waals surface area contributed by atoms with Gasteiger partial charge in [0.15, 0.2) is 0 Å². The molecule has 3 nitrogen and oxygen atoms in total. The van der Waals surface area contributed by atoms with Crippen LogP contribution in [-0.4, -0.2) is 29.8 Å². The number of nitrogens with zero attached hydrogens (tertiary/aromatic N) is 1. The fourth-order valence-electron chi connectivity index (χ4n) is 1.34. The number of para-hydroxylation sites is 1. The molecule has 2 N–H and O–H groups in total. The molecule has 0 aliphatic rings. The number of hydrogen-bond acceptors (Lipinski definition) is 3. The summed E-state index contributed by atoms with van der Waals surface area (Å²) in [5, 5.41) is 0. The third kappa shape index (κ3) is 4.04. The smallest absolute Gasteiger partial charge is 0.0778 e. The second-order valence-corrected chi connectivity index (χ2v) is 6.77. The normalized spacial score (nSPS) is 16.5. The van der Waals surface area contributed by atoms with Gasteiger partial charge in [0, 0.05) is 18.0 Å². The predicted octanol–water partition coefficient (Wildman–Crippen LogP) is 2.90. The van der Waals surface area contributed by atoms with Crippen LogP contribution in [0.4, 0.5) is 5.69 Å². The van der Waals surface area contributed by atoms with Crippen LogP contribution in [0.5, 0.6) is 0 Å². The Labute approximate surface area is 100 Å². The molecule has 1 aromatic carbocycles. The van der Waals surface area contributed by atoms with Crippen LogP contribution in [0.3, 0.4) is 0 Å². The summed E-state index contributed by atoms with van der Waals surface area (Å²) >= 11 is 0. The van der Waals surface area contributed by atoms with Crippen molar-refractivity contribution in [1.29, 1.82) is 0 Å². The van der Waals surface area contributed by atoms with Gasteiger partial charge in [0.25, 0.3) is 0 Å². The van der Waals surface area contributed by atoms with Crippen molar-refractivity contribution in [2.45, 2.75) is 13.8 Å². The molecule has 1 rings (SSSR count). The molecule has 92 valence electrons. The maximum Gasteiger partial charge on any atom is 0.0778 e. The summed E-state index contributed by atoms with van der Waals surface area (Å²) in [7, 11) is -1.62. The van der Waals surface area contributed by atoms with Crippen LogP contribution in [0.15, 0.2) is 30.3 Å². The van der Waals surface area contributed by atoms with Crippen molar-refractivity contribution in [1.82, 2.24) is 4.72 Å². The zero-order chi connectivity index (χ0) is 12.0. The molecule has 0 fully saturated rings. The van der Waals surface area contributed by atoms with Crippen molar-refractivity contribution >= 4 is 16.2 Å². The zero-order valence-electron chi connectivity index (χ0n) is 10.3. The Morgan fingerprint density at radius 2 is 1.88 bits per heavy atom. The van der Waals surface area contributed by atoms with Crippen molar-refractivity contribution in [2.24, 2.45) is 0 Å². The highest BCUT2D eigenvalue weighted by atomic mass is 32.3. The minimum absolute atomic E-state index is 0.691. The largest absolute Gasteiger partial charge is 0.358 e. The molecule has 1 unspecified atom stereocenters. The average Bonchev–Trinajstić information content (AvgIpc) is 2.31. The molecule has 0 aromatic heterocycles. The Bertz CT molecular complexity index is 303. The topological polar surface area (TPSA) is 35.5 Å². The molecule has 0 radical (unpaired) electrons. The fraction of sp³-hybridized carbons (Fsp3) is 0.500. The molecule has 0 bridgehead atoms. The van der Waals surface area contributed by atoms with E-state index >= 15 is 0 Å². The van der Waals surface area contributed by atoms with Crippen LogP contribution in [0.1, 0.15) is 13.8 Å². The first-order valence-corrected chi connectivity index (χ1v) is 7.79. The SMILES string of the molecule is CCN(CNS(C)(O)CC)c1ccccc1. The molecule has 0 saturated heterocycles. The van der Waals surface area contributed by atoms with E-state index in [1.54, 1.807) is 0 Å². The van der Waals surface area contributed by atoms with Crippen LogP contribution < -0.4 is 9.62 Å². The Kier molecular flexibility index (Phi) is 5.12. The second kappa shape index (κ2) is 6.13. The van der Waals surface area contributed by atoms with Gasteiger partial charge in [0.05, 0.1) is 6.67 Å². The molecule has 0 heterocycles. The van der Waals surface area contributed by atoms with E-state index in [-0.39, 0.29) is 0 Å². The first-order chi connectivity index (χ1) is 7.59. The summed E-state index contributed by atoms with van der Waals surface area (Å²) in [5.74, 6) is 0.777. The maximum atomic E-state index is 9.96. The van der Waals surface area contributed by atoms with Crippen molar-refractivity contribution in [3.8, 4) is 0 Å². The third-order valence-corrected chi connectivity index (χ3v) is 4.51. The number of hydrogen-bond donors (Lipinski definition) is 2. The van der Waals surface area contributed by atoms with Crippen molar-refractivity contribution in [2.75, 3.05) is 30.1 Å². The molecule has 1 atom stereocenters. The molecule has 0 saturated carbocycles. The lowest BCUT2D eigenvalue weighted by molar-refractivity contribution is 0.610. The van der Waals surface area contributed by atoms with Crippen LogP contribution in [0.2, 0.25) is 0 Å². The monoisotopic (exact) mass is 242 g/mol. The maximum absolute atomic E-state index is 9.96. The molecule has 0 amide bonds. The second-order valence-electron chi connectivity index (χ2n) is 3.82. The summed E-state index contributed by atoms with van der Waals surface area (Å²) in [6.45, 7) is 5.73. The first-order valence-electron chi connectivity index (χ1n) is 5.62. The quantitative estimate of drug-likeness (QED) is 0.753. The minimum Gasteiger partial charge on any atom is -0.358 e. The van der Waals surface area contributed by atoms with Crippen LogP contribution in [0, 0.1) is 0 Å². The van der Waals surface area contributed by atoms with Gasteiger partial charge in [-0.05, 0) is 25.3 Å². The first kappa shape index (κ1) is 13.4. The van der Waals surface area contributed by atoms with Gasteiger partial charge >= 0.3 is 0 Å². The highest BCUT2D eigenvalue weighted by Gasteiger charge is 2.11. The van der Waals surface area contributed by atoms with Gasteiger partial charge in [-0.3, -0.25) is 0 Å². The van der Waals surface area contributed by atoms with E-state index in [4.69, 9.17) is 0 Å². The van der Waals surface area contributed by atoms with Gasteiger partial charge in [-0.15, -0.1) is 0 Å². The molecule has 4 heteroatoms. The third-order valence-electron chi connectivity index (χ3n) is 2.63. The number of rotatable bonds is 6. The fourth-order valence-corrected chi connectivity index (χ4v) is 1.98. The van der Waals surface area contributed by atoms with Crippen LogP contribution in [-0.2, 0) is 0 Å². The molecular weight excluding hydrogens is 220 g/mol. The Morgan fingerprint density at radius 3 is 2.38 bits per heavy atom. The molecule has 0 aliphatic carbocycles. The summed E-state index contributed by atoms with van der Waals surface area (Å²) in [5.41, 5.74) is 1.18. The Balaban J connectivity index is 2.57. The van der Waals surface area contributed by atoms with E-state index in [9.17, 15) is 4.55 Å². The lowest BCUT2D eigenvalue weighted by Gasteiger charge is -2.33. The van der Waals surface area contributed by atoms with E-state index in [1.165, 1.54) is 5.69 Å². The standard InChI is InChI=1S/C12H22N2OS/c1-4-14(11-13-16(3,15)5-2)12-9-7-6-8-10-12/h6-10,13,15H,4-5,11H2,1-3H3. The lowest BCUT2D eigenvalue weighted by atomic mass is 10.3. The van der Waals surface area contributed by atoms with Gasteiger partial charge < -0.3 is 9.45 Å². The number of anilines is 1. The molecule has 1 aromatic rings. The van der Waals surface area contributed by atoms with E-state index in [0.717, 1.165) is 12.3 Å². The van der Waals surface area contributed by atoms with E-state index < -0.39 is 10.5 Å². The molecule has 16 heavy (non-hydrogen) atoms. The summed E-state index contributed by atoms with van der Waals surface area (Å²) in [6.07, 6.45) is 1.88. The molecule has 0 aliphatic heterocycles.